The normalized spacial score (nSPS) is 17.1. The van der Waals surface area contributed by atoms with E-state index in [1.165, 1.54) is 11.1 Å². The molecule has 1 aliphatic heterocycles. The molecule has 1 aromatic carbocycles. The summed E-state index contributed by atoms with van der Waals surface area (Å²) in [6.07, 6.45) is 2.05. The number of aromatic nitrogens is 1. The molecule has 1 saturated heterocycles. The SMILES string of the molecule is Cc1cc(N)nc(C[C@H]2CNC[C@@H]2NCCNCCc2ccccc2)c1.Cl.Cl.Cl.Cl. The van der Waals surface area contributed by atoms with E-state index in [0.29, 0.717) is 17.8 Å². The minimum absolute atomic E-state index is 0. The van der Waals surface area contributed by atoms with E-state index >= 15 is 0 Å². The Hall–Kier alpha value is -0.790. The van der Waals surface area contributed by atoms with Crippen molar-refractivity contribution >= 4 is 55.4 Å². The lowest BCUT2D eigenvalue weighted by molar-refractivity contribution is 0.419. The number of nitrogens with zero attached hydrogens (tertiary/aromatic N) is 1. The summed E-state index contributed by atoms with van der Waals surface area (Å²) in [4.78, 5) is 4.49. The maximum atomic E-state index is 5.89. The Bertz CT molecular complexity index is 670. The molecule has 0 amide bonds. The predicted molar refractivity (Wildman–Crippen MR) is 137 cm³/mol. The monoisotopic (exact) mass is 497 g/mol. The first-order valence-corrected chi connectivity index (χ1v) is 9.62. The van der Waals surface area contributed by atoms with E-state index < -0.39 is 0 Å². The van der Waals surface area contributed by atoms with Crippen molar-refractivity contribution in [3.05, 3.63) is 59.3 Å². The van der Waals surface area contributed by atoms with E-state index in [0.717, 1.165) is 51.3 Å². The van der Waals surface area contributed by atoms with Crippen LogP contribution < -0.4 is 21.7 Å². The zero-order valence-electron chi connectivity index (χ0n) is 17.3. The molecule has 2 atom stereocenters. The molecular weight excluding hydrogens is 464 g/mol. The molecule has 9 heteroatoms. The van der Waals surface area contributed by atoms with Gasteiger partial charge in [0.25, 0.3) is 0 Å². The van der Waals surface area contributed by atoms with Crippen LogP contribution in [0.25, 0.3) is 0 Å². The van der Waals surface area contributed by atoms with Gasteiger partial charge in [-0.2, -0.15) is 0 Å². The lowest BCUT2D eigenvalue weighted by Gasteiger charge is -2.20. The highest BCUT2D eigenvalue weighted by Gasteiger charge is 2.26. The largest absolute Gasteiger partial charge is 0.384 e. The predicted octanol–water partition coefficient (Wildman–Crippen LogP) is 3.21. The average molecular weight is 499 g/mol. The third-order valence-corrected chi connectivity index (χ3v) is 5.00. The van der Waals surface area contributed by atoms with Crippen LogP contribution in [0.1, 0.15) is 16.8 Å². The molecule has 5 N–H and O–H groups in total. The summed E-state index contributed by atoms with van der Waals surface area (Å²) < 4.78 is 0. The van der Waals surface area contributed by atoms with Crippen LogP contribution in [0.2, 0.25) is 0 Å². The van der Waals surface area contributed by atoms with Crippen LogP contribution in [-0.4, -0.2) is 43.7 Å². The van der Waals surface area contributed by atoms with Crippen LogP contribution in [-0.2, 0) is 12.8 Å². The topological polar surface area (TPSA) is 75.0 Å². The van der Waals surface area contributed by atoms with Gasteiger partial charge in [0, 0.05) is 31.4 Å². The minimum Gasteiger partial charge on any atom is -0.384 e. The number of rotatable bonds is 9. The van der Waals surface area contributed by atoms with Gasteiger partial charge in [0.05, 0.1) is 0 Å². The highest BCUT2D eigenvalue weighted by Crippen LogP contribution is 2.17. The highest BCUT2D eigenvalue weighted by atomic mass is 35.5. The summed E-state index contributed by atoms with van der Waals surface area (Å²) >= 11 is 0. The van der Waals surface area contributed by atoms with Gasteiger partial charge in [-0.1, -0.05) is 30.3 Å². The fraction of sp³-hybridized carbons (Fsp3) is 0.476. The Balaban J connectivity index is 0. The molecule has 0 radical (unpaired) electrons. The van der Waals surface area contributed by atoms with Gasteiger partial charge in [-0.15, -0.1) is 49.6 Å². The summed E-state index contributed by atoms with van der Waals surface area (Å²) in [6, 6.07) is 15.2. The fourth-order valence-electron chi connectivity index (χ4n) is 3.68. The molecule has 0 saturated carbocycles. The van der Waals surface area contributed by atoms with E-state index in [4.69, 9.17) is 5.73 Å². The maximum absolute atomic E-state index is 5.89. The van der Waals surface area contributed by atoms with Crippen molar-refractivity contribution in [2.75, 3.05) is 38.5 Å². The number of halogens is 4. The van der Waals surface area contributed by atoms with Crippen molar-refractivity contribution in [3.63, 3.8) is 0 Å². The molecular formula is C21H35Cl4N5. The number of benzene rings is 1. The number of nitrogens with one attached hydrogen (secondary N) is 3. The fourth-order valence-corrected chi connectivity index (χ4v) is 3.68. The Morgan fingerprint density at radius 3 is 2.43 bits per heavy atom. The molecule has 2 heterocycles. The van der Waals surface area contributed by atoms with Gasteiger partial charge in [-0.25, -0.2) is 4.98 Å². The number of nitrogen functional groups attached to an aromatic ring is 1. The molecule has 1 fully saturated rings. The van der Waals surface area contributed by atoms with Gasteiger partial charge in [-0.3, -0.25) is 0 Å². The number of hydrogen-bond donors (Lipinski definition) is 4. The van der Waals surface area contributed by atoms with Crippen LogP contribution in [0.3, 0.4) is 0 Å². The van der Waals surface area contributed by atoms with Gasteiger partial charge in [0.2, 0.25) is 0 Å². The summed E-state index contributed by atoms with van der Waals surface area (Å²) in [5.74, 6) is 1.19. The molecule has 1 aliphatic rings. The van der Waals surface area contributed by atoms with E-state index in [2.05, 4.69) is 64.3 Å². The van der Waals surface area contributed by atoms with Gasteiger partial charge in [0.1, 0.15) is 5.82 Å². The van der Waals surface area contributed by atoms with Crippen LogP contribution in [0.4, 0.5) is 5.82 Å². The third-order valence-electron chi connectivity index (χ3n) is 5.00. The van der Waals surface area contributed by atoms with E-state index in [1.807, 2.05) is 6.07 Å². The molecule has 0 unspecified atom stereocenters. The van der Waals surface area contributed by atoms with E-state index in [1.54, 1.807) is 0 Å². The molecule has 2 aromatic rings. The quantitative estimate of drug-likeness (QED) is 0.399. The number of pyridine rings is 1. The first-order valence-electron chi connectivity index (χ1n) is 9.62. The smallest absolute Gasteiger partial charge is 0.123 e. The van der Waals surface area contributed by atoms with Crippen molar-refractivity contribution < 1.29 is 0 Å². The highest BCUT2D eigenvalue weighted by molar-refractivity contribution is 5.86. The van der Waals surface area contributed by atoms with Crippen molar-refractivity contribution in [2.45, 2.75) is 25.8 Å². The molecule has 0 bridgehead atoms. The summed E-state index contributed by atoms with van der Waals surface area (Å²) in [7, 11) is 0. The molecule has 5 nitrogen and oxygen atoms in total. The lowest BCUT2D eigenvalue weighted by atomic mass is 9.97. The second kappa shape index (κ2) is 16.8. The van der Waals surface area contributed by atoms with Gasteiger partial charge < -0.3 is 21.7 Å². The van der Waals surface area contributed by atoms with Crippen LogP contribution in [0, 0.1) is 12.8 Å². The first kappa shape index (κ1) is 31.4. The zero-order chi connectivity index (χ0) is 18.2. The second-order valence-corrected chi connectivity index (χ2v) is 7.23. The zero-order valence-corrected chi connectivity index (χ0v) is 20.6. The first-order chi connectivity index (χ1) is 12.7. The van der Waals surface area contributed by atoms with Crippen molar-refractivity contribution in [3.8, 4) is 0 Å². The van der Waals surface area contributed by atoms with E-state index in [-0.39, 0.29) is 49.6 Å². The summed E-state index contributed by atoms with van der Waals surface area (Å²) in [6.45, 7) is 7.13. The number of nitrogens with two attached hydrogens (primary N) is 1. The van der Waals surface area contributed by atoms with Gasteiger partial charge >= 0.3 is 0 Å². The molecule has 172 valence electrons. The Labute approximate surface area is 205 Å². The van der Waals surface area contributed by atoms with Crippen LogP contribution in [0.5, 0.6) is 0 Å². The lowest BCUT2D eigenvalue weighted by Crippen LogP contribution is -2.40. The Morgan fingerprint density at radius 2 is 1.73 bits per heavy atom. The van der Waals surface area contributed by atoms with Crippen molar-refractivity contribution in [2.24, 2.45) is 5.92 Å². The van der Waals surface area contributed by atoms with Crippen LogP contribution >= 0.6 is 49.6 Å². The molecule has 1 aromatic heterocycles. The molecule has 3 rings (SSSR count). The standard InChI is InChI=1S/C21H31N5.4ClH/c1-16-11-19(26-21(22)12-16)13-18-14-24-15-20(18)25-10-9-23-8-7-17-5-3-2-4-6-17;;;;/h2-6,11-12,18,20,23-25H,7-10,13-15H2,1H3,(H2,22,26);4*1H/t18-,20-;;;;/m0..../s1. The summed E-state index contributed by atoms with van der Waals surface area (Å²) in [5.41, 5.74) is 9.56. The third kappa shape index (κ3) is 10.5. The van der Waals surface area contributed by atoms with Gasteiger partial charge in [-0.05, 0) is 62.0 Å². The van der Waals surface area contributed by atoms with E-state index in [9.17, 15) is 0 Å². The average Bonchev–Trinajstić information content (AvgIpc) is 3.05. The Morgan fingerprint density at radius 1 is 1.00 bits per heavy atom. The second-order valence-electron chi connectivity index (χ2n) is 7.23. The molecule has 0 spiro atoms. The molecule has 0 aliphatic carbocycles. The van der Waals surface area contributed by atoms with Crippen molar-refractivity contribution in [1.29, 1.82) is 0 Å². The number of hydrogen-bond acceptors (Lipinski definition) is 5. The maximum Gasteiger partial charge on any atom is 0.123 e. The minimum atomic E-state index is 0. The van der Waals surface area contributed by atoms with Crippen molar-refractivity contribution in [1.82, 2.24) is 20.9 Å². The summed E-state index contributed by atoms with van der Waals surface area (Å²) in [5, 5.41) is 10.7. The number of aryl methyl sites for hydroxylation is 1. The number of anilines is 1. The van der Waals surface area contributed by atoms with Crippen LogP contribution in [0.15, 0.2) is 42.5 Å². The van der Waals surface area contributed by atoms with Gasteiger partial charge in [0.15, 0.2) is 0 Å². The Kier molecular flexibility index (Phi) is 17.6. The molecule has 30 heavy (non-hydrogen) atoms.